The van der Waals surface area contributed by atoms with Crippen molar-refractivity contribution < 1.29 is 18.8 Å². The van der Waals surface area contributed by atoms with Crippen LogP contribution in [0.2, 0.25) is 0 Å². The van der Waals surface area contributed by atoms with Crippen LogP contribution in [0.5, 0.6) is 0 Å². The van der Waals surface area contributed by atoms with Gasteiger partial charge in [0.2, 0.25) is 5.89 Å². The van der Waals surface area contributed by atoms with E-state index < -0.39 is 5.92 Å². The molecule has 0 radical (unpaired) electrons. The van der Waals surface area contributed by atoms with Crippen LogP contribution in [0.25, 0.3) is 0 Å². The van der Waals surface area contributed by atoms with E-state index in [2.05, 4.69) is 10.1 Å². The predicted molar refractivity (Wildman–Crippen MR) is 59.5 cm³/mol. The van der Waals surface area contributed by atoms with E-state index in [1.807, 2.05) is 6.92 Å². The summed E-state index contributed by atoms with van der Waals surface area (Å²) in [5.74, 6) is -0.0460. The van der Waals surface area contributed by atoms with Crippen LogP contribution in [0, 0.1) is 0 Å². The Hall–Kier alpha value is -1.43. The van der Waals surface area contributed by atoms with Gasteiger partial charge < -0.3 is 14.0 Å². The molecule has 17 heavy (non-hydrogen) atoms. The summed E-state index contributed by atoms with van der Waals surface area (Å²) >= 11 is 0. The van der Waals surface area contributed by atoms with Gasteiger partial charge in [0, 0.05) is 13.0 Å². The van der Waals surface area contributed by atoms with Gasteiger partial charge in [0.25, 0.3) is 0 Å². The minimum Gasteiger partial charge on any atom is -0.465 e. The predicted octanol–water partition coefficient (Wildman–Crippen LogP) is 1.32. The summed E-state index contributed by atoms with van der Waals surface area (Å²) in [5, 5.41) is 3.78. The van der Waals surface area contributed by atoms with Crippen molar-refractivity contribution in [3.8, 4) is 0 Å². The summed E-state index contributed by atoms with van der Waals surface area (Å²) in [7, 11) is 0. The lowest BCUT2D eigenvalue weighted by atomic mass is 10.2. The minimum atomic E-state index is -0.525. The van der Waals surface area contributed by atoms with Crippen molar-refractivity contribution in [1.82, 2.24) is 10.1 Å². The lowest BCUT2D eigenvalue weighted by Gasteiger charge is -2.04. The van der Waals surface area contributed by atoms with E-state index in [1.165, 1.54) is 0 Å². The number of hydrogen-bond acceptors (Lipinski definition) is 6. The molecular formula is C11H18N2O4. The number of aromatic nitrogens is 2. The second kappa shape index (κ2) is 7.01. The number of hydrogen-bond donors (Lipinski definition) is 0. The highest BCUT2D eigenvalue weighted by Crippen LogP contribution is 2.14. The number of carbonyl (C=O) groups excluding carboxylic acids is 1. The Labute approximate surface area is 100 Å². The second-order valence-corrected chi connectivity index (χ2v) is 3.47. The summed E-state index contributed by atoms with van der Waals surface area (Å²) in [5.41, 5.74) is 0. The van der Waals surface area contributed by atoms with Crippen LogP contribution in [-0.2, 0) is 20.7 Å². The van der Waals surface area contributed by atoms with Crippen molar-refractivity contribution in [2.24, 2.45) is 0 Å². The van der Waals surface area contributed by atoms with Gasteiger partial charge in [0.1, 0.15) is 5.92 Å². The molecule has 1 atom stereocenters. The van der Waals surface area contributed by atoms with E-state index in [9.17, 15) is 4.79 Å². The van der Waals surface area contributed by atoms with Crippen molar-refractivity contribution >= 4 is 5.97 Å². The van der Waals surface area contributed by atoms with Gasteiger partial charge in [-0.15, -0.1) is 0 Å². The van der Waals surface area contributed by atoms with E-state index >= 15 is 0 Å². The molecule has 0 aromatic carbocycles. The van der Waals surface area contributed by atoms with Gasteiger partial charge in [-0.05, 0) is 20.8 Å². The van der Waals surface area contributed by atoms with Crippen molar-refractivity contribution in [2.75, 3.05) is 19.8 Å². The van der Waals surface area contributed by atoms with Crippen LogP contribution in [-0.4, -0.2) is 35.9 Å². The smallest absolute Gasteiger partial charge is 0.318 e. The summed E-state index contributed by atoms with van der Waals surface area (Å²) in [6, 6.07) is 0. The molecule has 0 aliphatic heterocycles. The molecule has 1 rings (SSSR count). The van der Waals surface area contributed by atoms with E-state index in [0.29, 0.717) is 32.1 Å². The van der Waals surface area contributed by atoms with Crippen LogP contribution in [0.4, 0.5) is 0 Å². The van der Waals surface area contributed by atoms with Crippen LogP contribution in [0.15, 0.2) is 4.52 Å². The number of carbonyl (C=O) groups is 1. The van der Waals surface area contributed by atoms with E-state index in [-0.39, 0.29) is 11.9 Å². The van der Waals surface area contributed by atoms with Gasteiger partial charge >= 0.3 is 5.97 Å². The highest BCUT2D eigenvalue weighted by molar-refractivity contribution is 5.76. The third kappa shape index (κ3) is 4.14. The fourth-order valence-electron chi connectivity index (χ4n) is 1.22. The standard InChI is InChI=1S/C11H18N2O4/c1-4-15-7-6-9-12-10(17-13-9)8(3)11(14)16-5-2/h8H,4-7H2,1-3H3. The molecule has 0 fully saturated rings. The Balaban J connectivity index is 2.51. The number of nitrogens with zero attached hydrogens (tertiary/aromatic N) is 2. The van der Waals surface area contributed by atoms with Crippen LogP contribution < -0.4 is 0 Å². The first-order chi connectivity index (χ1) is 8.19. The van der Waals surface area contributed by atoms with Crippen molar-refractivity contribution in [3.63, 3.8) is 0 Å². The molecule has 0 bridgehead atoms. The van der Waals surface area contributed by atoms with E-state index in [0.717, 1.165) is 0 Å². The Kier molecular flexibility index (Phi) is 5.62. The molecule has 0 aliphatic carbocycles. The maximum absolute atomic E-state index is 11.4. The second-order valence-electron chi connectivity index (χ2n) is 3.47. The van der Waals surface area contributed by atoms with Crippen LogP contribution in [0.3, 0.4) is 0 Å². The first-order valence-corrected chi connectivity index (χ1v) is 5.75. The normalized spacial score (nSPS) is 12.4. The maximum Gasteiger partial charge on any atom is 0.318 e. The van der Waals surface area contributed by atoms with Crippen molar-refractivity contribution in [2.45, 2.75) is 33.1 Å². The molecule has 1 aromatic heterocycles. The van der Waals surface area contributed by atoms with Gasteiger partial charge in [0.05, 0.1) is 13.2 Å². The Morgan fingerprint density at radius 2 is 2.18 bits per heavy atom. The first kappa shape index (κ1) is 13.6. The van der Waals surface area contributed by atoms with Crippen LogP contribution in [0.1, 0.15) is 38.4 Å². The third-order valence-electron chi connectivity index (χ3n) is 2.17. The monoisotopic (exact) mass is 242 g/mol. The summed E-state index contributed by atoms with van der Waals surface area (Å²) in [4.78, 5) is 15.6. The molecule has 6 nitrogen and oxygen atoms in total. The molecule has 1 unspecified atom stereocenters. The van der Waals surface area contributed by atoms with Gasteiger partial charge in [-0.25, -0.2) is 0 Å². The molecular weight excluding hydrogens is 224 g/mol. The van der Waals surface area contributed by atoms with Crippen molar-refractivity contribution in [3.05, 3.63) is 11.7 Å². The average Bonchev–Trinajstić information content (AvgIpc) is 2.77. The topological polar surface area (TPSA) is 74.5 Å². The van der Waals surface area contributed by atoms with E-state index in [1.54, 1.807) is 13.8 Å². The van der Waals surface area contributed by atoms with E-state index in [4.69, 9.17) is 14.0 Å². The largest absolute Gasteiger partial charge is 0.465 e. The lowest BCUT2D eigenvalue weighted by Crippen LogP contribution is -2.13. The summed E-state index contributed by atoms with van der Waals surface area (Å²) in [6.45, 7) is 6.90. The van der Waals surface area contributed by atoms with Crippen molar-refractivity contribution in [1.29, 1.82) is 0 Å². The Morgan fingerprint density at radius 3 is 2.82 bits per heavy atom. The van der Waals surface area contributed by atoms with Gasteiger partial charge in [-0.3, -0.25) is 4.79 Å². The fraction of sp³-hybridized carbons (Fsp3) is 0.727. The molecule has 96 valence electrons. The van der Waals surface area contributed by atoms with Crippen LogP contribution >= 0.6 is 0 Å². The highest BCUT2D eigenvalue weighted by Gasteiger charge is 2.22. The summed E-state index contributed by atoms with van der Waals surface area (Å²) in [6.07, 6.45) is 0.576. The summed E-state index contributed by atoms with van der Waals surface area (Å²) < 4.78 is 15.1. The quantitative estimate of drug-likeness (QED) is 0.530. The van der Waals surface area contributed by atoms with Gasteiger partial charge in [-0.2, -0.15) is 4.98 Å². The number of ether oxygens (including phenoxy) is 2. The molecule has 0 aliphatic rings. The molecule has 1 aromatic rings. The molecule has 0 N–H and O–H groups in total. The molecule has 0 saturated carbocycles. The molecule has 0 saturated heterocycles. The van der Waals surface area contributed by atoms with Gasteiger partial charge in [0.15, 0.2) is 5.82 Å². The molecule has 0 spiro atoms. The molecule has 6 heteroatoms. The zero-order valence-corrected chi connectivity index (χ0v) is 10.4. The SMILES string of the molecule is CCOCCc1noc(C(C)C(=O)OCC)n1. The number of rotatable bonds is 7. The zero-order valence-electron chi connectivity index (χ0n) is 10.4. The Morgan fingerprint density at radius 1 is 1.41 bits per heavy atom. The third-order valence-corrected chi connectivity index (χ3v) is 2.17. The van der Waals surface area contributed by atoms with Gasteiger partial charge in [-0.1, -0.05) is 5.16 Å². The minimum absolute atomic E-state index is 0.287. The first-order valence-electron chi connectivity index (χ1n) is 5.75. The lowest BCUT2D eigenvalue weighted by molar-refractivity contribution is -0.145. The molecule has 0 amide bonds. The number of esters is 1. The maximum atomic E-state index is 11.4. The molecule has 1 heterocycles. The zero-order chi connectivity index (χ0) is 12.7. The average molecular weight is 242 g/mol. The fourth-order valence-corrected chi connectivity index (χ4v) is 1.22. The Bertz CT molecular complexity index is 351. The highest BCUT2D eigenvalue weighted by atomic mass is 16.5.